The monoisotopic (exact) mass is 236 g/mol. The van der Waals surface area contributed by atoms with E-state index in [-0.39, 0.29) is 6.10 Å². The van der Waals surface area contributed by atoms with Crippen molar-refractivity contribution >= 4 is 0 Å². The number of methoxy groups -OCH3 is 2. The van der Waals surface area contributed by atoms with E-state index in [4.69, 9.17) is 9.47 Å². The lowest BCUT2D eigenvalue weighted by Gasteiger charge is -2.27. The molecule has 1 aromatic rings. The summed E-state index contributed by atoms with van der Waals surface area (Å²) in [4.78, 5) is 0. The molecule has 1 aliphatic rings. The van der Waals surface area contributed by atoms with Gasteiger partial charge in [-0.1, -0.05) is 25.3 Å². The molecule has 3 heteroatoms. The summed E-state index contributed by atoms with van der Waals surface area (Å²) in [7, 11) is 3.22. The smallest absolute Gasteiger partial charge is 0.161 e. The van der Waals surface area contributed by atoms with Crippen LogP contribution in [0.5, 0.6) is 11.5 Å². The second kappa shape index (κ2) is 5.41. The van der Waals surface area contributed by atoms with Gasteiger partial charge in [-0.05, 0) is 30.0 Å². The highest BCUT2D eigenvalue weighted by Crippen LogP contribution is 2.36. The summed E-state index contributed by atoms with van der Waals surface area (Å²) in [6, 6.07) is 5.62. The van der Waals surface area contributed by atoms with E-state index in [2.05, 4.69) is 0 Å². The number of aliphatic hydroxyl groups is 1. The zero-order valence-corrected chi connectivity index (χ0v) is 10.5. The van der Waals surface area contributed by atoms with Crippen molar-refractivity contribution in [2.45, 2.75) is 31.8 Å². The Morgan fingerprint density at radius 2 is 1.94 bits per heavy atom. The number of hydrogen-bond acceptors (Lipinski definition) is 3. The van der Waals surface area contributed by atoms with E-state index in [1.54, 1.807) is 14.2 Å². The van der Waals surface area contributed by atoms with E-state index in [0.717, 1.165) is 12.0 Å². The Balaban J connectivity index is 2.08. The first-order chi connectivity index (χ1) is 8.24. The van der Waals surface area contributed by atoms with Crippen LogP contribution in [0.2, 0.25) is 0 Å². The van der Waals surface area contributed by atoms with Crippen molar-refractivity contribution in [2.24, 2.45) is 5.92 Å². The molecule has 1 N–H and O–H groups in total. The number of rotatable bonds is 5. The molecule has 0 spiro atoms. The molecule has 0 heterocycles. The van der Waals surface area contributed by atoms with Gasteiger partial charge in [-0.2, -0.15) is 0 Å². The molecular formula is C14H20O3. The summed E-state index contributed by atoms with van der Waals surface area (Å²) in [6.45, 7) is 0. The Kier molecular flexibility index (Phi) is 3.89. The van der Waals surface area contributed by atoms with Crippen LogP contribution in [0, 0.1) is 5.92 Å². The van der Waals surface area contributed by atoms with Gasteiger partial charge >= 0.3 is 0 Å². The fourth-order valence-corrected chi connectivity index (χ4v) is 2.24. The van der Waals surface area contributed by atoms with Gasteiger partial charge in [0.25, 0.3) is 0 Å². The summed E-state index contributed by atoms with van der Waals surface area (Å²) in [6.07, 6.45) is 4.29. The average molecular weight is 236 g/mol. The number of benzene rings is 1. The van der Waals surface area contributed by atoms with Gasteiger partial charge in [0.2, 0.25) is 0 Å². The highest BCUT2D eigenvalue weighted by atomic mass is 16.5. The highest BCUT2D eigenvalue weighted by molar-refractivity contribution is 5.43. The van der Waals surface area contributed by atoms with Crippen molar-refractivity contribution in [3.63, 3.8) is 0 Å². The minimum Gasteiger partial charge on any atom is -0.493 e. The highest BCUT2D eigenvalue weighted by Gasteiger charge is 2.22. The van der Waals surface area contributed by atoms with E-state index in [1.807, 2.05) is 18.2 Å². The molecule has 1 aromatic carbocycles. The maximum absolute atomic E-state index is 10.1. The second-order valence-corrected chi connectivity index (χ2v) is 4.66. The van der Waals surface area contributed by atoms with Crippen LogP contribution in [-0.4, -0.2) is 19.3 Å². The molecule has 1 fully saturated rings. The molecule has 2 rings (SSSR count). The maximum Gasteiger partial charge on any atom is 0.161 e. The molecule has 3 nitrogen and oxygen atoms in total. The van der Waals surface area contributed by atoms with Crippen molar-refractivity contribution < 1.29 is 14.6 Å². The summed E-state index contributed by atoms with van der Waals surface area (Å²) in [5.74, 6) is 2.07. The molecule has 1 atom stereocenters. The van der Waals surface area contributed by atoms with Gasteiger partial charge in [0.05, 0.1) is 20.3 Å². The minimum atomic E-state index is -0.389. The van der Waals surface area contributed by atoms with E-state index in [9.17, 15) is 5.11 Å². The second-order valence-electron chi connectivity index (χ2n) is 4.66. The van der Waals surface area contributed by atoms with Crippen molar-refractivity contribution in [1.29, 1.82) is 0 Å². The van der Waals surface area contributed by atoms with Gasteiger partial charge in [0, 0.05) is 0 Å². The molecule has 0 radical (unpaired) electrons. The first kappa shape index (κ1) is 12.2. The van der Waals surface area contributed by atoms with Gasteiger partial charge in [0.15, 0.2) is 11.5 Å². The Morgan fingerprint density at radius 3 is 2.47 bits per heavy atom. The van der Waals surface area contributed by atoms with E-state index >= 15 is 0 Å². The Hall–Kier alpha value is -1.22. The lowest BCUT2D eigenvalue weighted by molar-refractivity contribution is 0.118. The van der Waals surface area contributed by atoms with Crippen molar-refractivity contribution in [3.05, 3.63) is 23.8 Å². The summed E-state index contributed by atoms with van der Waals surface area (Å²) < 4.78 is 10.4. The fraction of sp³-hybridized carbons (Fsp3) is 0.571. The molecule has 0 aromatic heterocycles. The summed E-state index contributed by atoms with van der Waals surface area (Å²) in [5, 5.41) is 10.1. The average Bonchev–Trinajstić information content (AvgIpc) is 2.32. The van der Waals surface area contributed by atoms with Crippen LogP contribution in [0.15, 0.2) is 18.2 Å². The van der Waals surface area contributed by atoms with E-state index in [1.165, 1.54) is 19.3 Å². The molecule has 94 valence electrons. The van der Waals surface area contributed by atoms with Crippen molar-refractivity contribution in [3.8, 4) is 11.5 Å². The summed E-state index contributed by atoms with van der Waals surface area (Å²) in [5.41, 5.74) is 0.912. The quantitative estimate of drug-likeness (QED) is 0.854. The zero-order valence-electron chi connectivity index (χ0n) is 10.5. The van der Waals surface area contributed by atoms with E-state index in [0.29, 0.717) is 17.4 Å². The van der Waals surface area contributed by atoms with Crippen LogP contribution in [0.1, 0.15) is 37.4 Å². The van der Waals surface area contributed by atoms with Gasteiger partial charge in [-0.25, -0.2) is 0 Å². The third-order valence-electron chi connectivity index (χ3n) is 3.57. The molecule has 17 heavy (non-hydrogen) atoms. The Labute approximate surface area is 102 Å². The topological polar surface area (TPSA) is 38.7 Å². The lowest BCUT2D eigenvalue weighted by Crippen LogP contribution is -2.14. The van der Waals surface area contributed by atoms with E-state index < -0.39 is 0 Å². The van der Waals surface area contributed by atoms with Crippen molar-refractivity contribution in [1.82, 2.24) is 0 Å². The zero-order chi connectivity index (χ0) is 12.3. The molecule has 1 saturated carbocycles. The molecule has 0 aliphatic heterocycles. The maximum atomic E-state index is 10.1. The lowest BCUT2D eigenvalue weighted by atomic mass is 9.80. The molecule has 0 bridgehead atoms. The predicted octanol–water partition coefficient (Wildman–Crippen LogP) is 2.93. The van der Waals surface area contributed by atoms with Crippen molar-refractivity contribution in [2.75, 3.05) is 14.2 Å². The summed E-state index contributed by atoms with van der Waals surface area (Å²) >= 11 is 0. The van der Waals surface area contributed by atoms with Crippen LogP contribution in [0.3, 0.4) is 0 Å². The molecule has 1 aliphatic carbocycles. The van der Waals surface area contributed by atoms with Gasteiger partial charge in [-0.3, -0.25) is 0 Å². The molecule has 0 amide bonds. The minimum absolute atomic E-state index is 0.389. The molecule has 0 saturated heterocycles. The third-order valence-corrected chi connectivity index (χ3v) is 3.57. The fourth-order valence-electron chi connectivity index (χ4n) is 2.24. The van der Waals surface area contributed by atoms with Crippen LogP contribution < -0.4 is 9.47 Å². The standard InChI is InChI=1S/C14H20O3/c1-16-13-7-6-11(9-14(13)17-2)12(15)8-10-4-3-5-10/h6-7,9-10,12,15H,3-5,8H2,1-2H3. The largest absolute Gasteiger partial charge is 0.493 e. The van der Waals surface area contributed by atoms with Gasteiger partial charge in [-0.15, -0.1) is 0 Å². The number of hydrogen-bond donors (Lipinski definition) is 1. The van der Waals surface area contributed by atoms with Crippen LogP contribution in [0.25, 0.3) is 0 Å². The van der Waals surface area contributed by atoms with Gasteiger partial charge in [0.1, 0.15) is 0 Å². The molecular weight excluding hydrogens is 216 g/mol. The van der Waals surface area contributed by atoms with Crippen LogP contribution in [-0.2, 0) is 0 Å². The third kappa shape index (κ3) is 2.72. The first-order valence-electron chi connectivity index (χ1n) is 6.14. The molecule has 1 unspecified atom stereocenters. The first-order valence-corrected chi connectivity index (χ1v) is 6.14. The predicted molar refractivity (Wildman–Crippen MR) is 66.5 cm³/mol. The number of ether oxygens (including phenoxy) is 2. The SMILES string of the molecule is COc1ccc(C(O)CC2CCC2)cc1OC. The Bertz CT molecular complexity index is 372. The van der Waals surface area contributed by atoms with Crippen LogP contribution >= 0.6 is 0 Å². The Morgan fingerprint density at radius 1 is 1.24 bits per heavy atom. The number of aliphatic hydroxyl groups excluding tert-OH is 1. The van der Waals surface area contributed by atoms with Gasteiger partial charge < -0.3 is 14.6 Å². The normalized spacial score (nSPS) is 17.4. The van der Waals surface area contributed by atoms with Crippen LogP contribution in [0.4, 0.5) is 0 Å².